The Balaban J connectivity index is 1.53. The Morgan fingerprint density at radius 2 is 1.83 bits per heavy atom. The number of alkyl halides is 3. The summed E-state index contributed by atoms with van der Waals surface area (Å²) in [4.78, 5) is 18.8. The molecular formula is C25H26F3N3O3S. The molecule has 6 nitrogen and oxygen atoms in total. The van der Waals surface area contributed by atoms with Gasteiger partial charge in [-0.1, -0.05) is 38.1 Å². The molecule has 3 aromatic rings. The number of benzene rings is 2. The summed E-state index contributed by atoms with van der Waals surface area (Å²) >= 11 is 1.35. The third-order valence-corrected chi connectivity index (χ3v) is 6.15. The van der Waals surface area contributed by atoms with E-state index in [-0.39, 0.29) is 19.2 Å². The van der Waals surface area contributed by atoms with Gasteiger partial charge in [0.2, 0.25) is 6.79 Å². The number of hydrogen-bond acceptors (Lipinski definition) is 6. The SMILES string of the molecule is CC(C)CNC(=O)c1csc(CN(Cc2cccc(C(F)(F)F)c2)Cc2ccc3c(c2)OCO3)n1. The van der Waals surface area contributed by atoms with E-state index >= 15 is 0 Å². The highest BCUT2D eigenvalue weighted by molar-refractivity contribution is 7.09. The molecule has 4 rings (SSSR count). The Bertz CT molecular complexity index is 1180. The van der Waals surface area contributed by atoms with Crippen LogP contribution in [0.25, 0.3) is 0 Å². The summed E-state index contributed by atoms with van der Waals surface area (Å²) in [5.41, 5.74) is 1.11. The monoisotopic (exact) mass is 505 g/mol. The molecule has 35 heavy (non-hydrogen) atoms. The first-order valence-electron chi connectivity index (χ1n) is 11.2. The van der Waals surface area contributed by atoms with Gasteiger partial charge in [-0.25, -0.2) is 4.98 Å². The molecule has 10 heteroatoms. The lowest BCUT2D eigenvalue weighted by Crippen LogP contribution is -2.27. The lowest BCUT2D eigenvalue weighted by molar-refractivity contribution is -0.137. The van der Waals surface area contributed by atoms with Crippen LogP contribution in [0.4, 0.5) is 13.2 Å². The summed E-state index contributed by atoms with van der Waals surface area (Å²) in [6, 6.07) is 10.9. The summed E-state index contributed by atoms with van der Waals surface area (Å²) in [5, 5.41) is 5.25. The second-order valence-electron chi connectivity index (χ2n) is 8.76. The van der Waals surface area contributed by atoms with Gasteiger partial charge in [0, 0.05) is 25.0 Å². The van der Waals surface area contributed by atoms with Crippen molar-refractivity contribution in [3.8, 4) is 11.5 Å². The number of nitrogens with one attached hydrogen (secondary N) is 1. The number of carbonyl (C=O) groups excluding carboxylic acids is 1. The number of halogens is 3. The third-order valence-electron chi connectivity index (χ3n) is 5.32. The minimum absolute atomic E-state index is 0.160. The Hall–Kier alpha value is -3.11. The largest absolute Gasteiger partial charge is 0.454 e. The number of aromatic nitrogens is 1. The molecule has 186 valence electrons. The molecule has 0 saturated carbocycles. The van der Waals surface area contributed by atoms with Crippen LogP contribution in [0.2, 0.25) is 0 Å². The van der Waals surface area contributed by atoms with E-state index in [1.165, 1.54) is 23.5 Å². The zero-order valence-electron chi connectivity index (χ0n) is 19.4. The van der Waals surface area contributed by atoms with Crippen LogP contribution in [-0.4, -0.2) is 29.1 Å². The van der Waals surface area contributed by atoms with Crippen LogP contribution in [0.3, 0.4) is 0 Å². The second-order valence-corrected chi connectivity index (χ2v) is 9.70. The Labute approximate surface area is 205 Å². The lowest BCUT2D eigenvalue weighted by Gasteiger charge is -2.22. The van der Waals surface area contributed by atoms with Gasteiger partial charge in [-0.15, -0.1) is 11.3 Å². The molecule has 0 bridgehead atoms. The zero-order valence-corrected chi connectivity index (χ0v) is 20.2. The molecule has 1 aliphatic heterocycles. The minimum Gasteiger partial charge on any atom is -0.454 e. The summed E-state index contributed by atoms with van der Waals surface area (Å²) in [6.45, 7) is 5.81. The van der Waals surface area contributed by atoms with Gasteiger partial charge in [0.25, 0.3) is 5.91 Å². The van der Waals surface area contributed by atoms with Crippen molar-refractivity contribution in [1.82, 2.24) is 15.2 Å². The maximum atomic E-state index is 13.2. The van der Waals surface area contributed by atoms with E-state index in [2.05, 4.69) is 10.3 Å². The Morgan fingerprint density at radius 3 is 2.57 bits per heavy atom. The molecule has 0 spiro atoms. The average molecular weight is 506 g/mol. The predicted octanol–water partition coefficient (Wildman–Crippen LogP) is 5.48. The predicted molar refractivity (Wildman–Crippen MR) is 126 cm³/mol. The van der Waals surface area contributed by atoms with Crippen LogP contribution >= 0.6 is 11.3 Å². The van der Waals surface area contributed by atoms with Crippen molar-refractivity contribution in [3.05, 3.63) is 75.2 Å². The number of nitrogens with zero attached hydrogens (tertiary/aromatic N) is 2. The van der Waals surface area contributed by atoms with Crippen LogP contribution in [-0.2, 0) is 25.8 Å². The smallest absolute Gasteiger partial charge is 0.416 e. The number of carbonyl (C=O) groups is 1. The Morgan fingerprint density at radius 1 is 1.09 bits per heavy atom. The van der Waals surface area contributed by atoms with Crippen LogP contribution in [0.15, 0.2) is 47.8 Å². The molecule has 1 aromatic heterocycles. The molecular weight excluding hydrogens is 479 g/mol. The topological polar surface area (TPSA) is 63.7 Å². The average Bonchev–Trinajstić information content (AvgIpc) is 3.46. The first-order chi connectivity index (χ1) is 16.7. The van der Waals surface area contributed by atoms with E-state index in [4.69, 9.17) is 9.47 Å². The molecule has 2 heterocycles. The molecule has 1 aliphatic rings. The fourth-order valence-corrected chi connectivity index (χ4v) is 4.45. The number of ether oxygens (including phenoxy) is 2. The van der Waals surface area contributed by atoms with E-state index in [9.17, 15) is 18.0 Å². The fraction of sp³-hybridized carbons (Fsp3) is 0.360. The van der Waals surface area contributed by atoms with Crippen molar-refractivity contribution < 1.29 is 27.4 Å². The number of fused-ring (bicyclic) bond motifs is 1. The van der Waals surface area contributed by atoms with E-state index in [1.807, 2.05) is 36.9 Å². The normalized spacial score (nSPS) is 13.0. The van der Waals surface area contributed by atoms with E-state index in [0.717, 1.165) is 11.6 Å². The van der Waals surface area contributed by atoms with Gasteiger partial charge in [0.15, 0.2) is 11.5 Å². The molecule has 1 N–H and O–H groups in total. The first-order valence-corrected chi connectivity index (χ1v) is 12.0. The van der Waals surface area contributed by atoms with Crippen LogP contribution in [0, 0.1) is 5.92 Å². The first kappa shape index (κ1) is 25.0. The maximum absolute atomic E-state index is 13.2. The Kier molecular flexibility index (Phi) is 7.61. The van der Waals surface area contributed by atoms with Gasteiger partial charge in [-0.2, -0.15) is 13.2 Å². The molecule has 0 fully saturated rings. The lowest BCUT2D eigenvalue weighted by atomic mass is 10.1. The van der Waals surface area contributed by atoms with Crippen LogP contribution in [0.5, 0.6) is 11.5 Å². The van der Waals surface area contributed by atoms with Gasteiger partial charge in [0.1, 0.15) is 10.7 Å². The standard InChI is InChI=1S/C25H26F3N3O3S/c1-16(2)10-29-24(32)20-14-35-23(30-20)13-31(11-17-4-3-5-19(8-17)25(26,27)28)12-18-6-7-21-22(9-18)34-15-33-21/h3-9,14,16H,10-13,15H2,1-2H3,(H,29,32). The quantitative estimate of drug-likeness (QED) is 0.417. The highest BCUT2D eigenvalue weighted by atomic mass is 32.1. The van der Waals surface area contributed by atoms with E-state index in [1.54, 1.807) is 11.4 Å². The van der Waals surface area contributed by atoms with Crippen molar-refractivity contribution in [2.24, 2.45) is 5.92 Å². The van der Waals surface area contributed by atoms with Crippen molar-refractivity contribution in [1.29, 1.82) is 0 Å². The highest BCUT2D eigenvalue weighted by Gasteiger charge is 2.30. The third kappa shape index (κ3) is 6.73. The summed E-state index contributed by atoms with van der Waals surface area (Å²) in [5.74, 6) is 1.39. The maximum Gasteiger partial charge on any atom is 0.416 e. The number of hydrogen-bond donors (Lipinski definition) is 1. The molecule has 0 saturated heterocycles. The zero-order chi connectivity index (χ0) is 25.0. The van der Waals surface area contributed by atoms with Crippen LogP contribution < -0.4 is 14.8 Å². The van der Waals surface area contributed by atoms with Gasteiger partial charge >= 0.3 is 6.18 Å². The summed E-state index contributed by atoms with van der Waals surface area (Å²) < 4.78 is 50.5. The number of rotatable bonds is 9. The van der Waals surface area contributed by atoms with Gasteiger partial charge < -0.3 is 14.8 Å². The van der Waals surface area contributed by atoms with Crippen molar-refractivity contribution >= 4 is 17.2 Å². The number of thiazole rings is 1. The summed E-state index contributed by atoms with van der Waals surface area (Å²) in [6.07, 6.45) is -4.41. The van der Waals surface area contributed by atoms with Gasteiger partial charge in [0.05, 0.1) is 12.1 Å². The van der Waals surface area contributed by atoms with Gasteiger partial charge in [-0.05, 0) is 35.2 Å². The minimum atomic E-state index is -4.41. The van der Waals surface area contributed by atoms with Gasteiger partial charge in [-0.3, -0.25) is 9.69 Å². The summed E-state index contributed by atoms with van der Waals surface area (Å²) in [7, 11) is 0. The second kappa shape index (κ2) is 10.7. The van der Waals surface area contributed by atoms with Crippen molar-refractivity contribution in [2.45, 2.75) is 39.7 Å². The molecule has 0 unspecified atom stereocenters. The molecule has 0 aliphatic carbocycles. The number of amides is 1. The van der Waals surface area contributed by atoms with Crippen molar-refractivity contribution in [3.63, 3.8) is 0 Å². The van der Waals surface area contributed by atoms with Crippen LogP contribution in [0.1, 0.15) is 46.0 Å². The van der Waals surface area contributed by atoms with E-state index < -0.39 is 11.7 Å². The molecule has 1 amide bonds. The van der Waals surface area contributed by atoms with E-state index in [0.29, 0.717) is 53.3 Å². The molecule has 0 radical (unpaired) electrons. The fourth-order valence-electron chi connectivity index (χ4n) is 3.64. The molecule has 2 aromatic carbocycles. The highest BCUT2D eigenvalue weighted by Crippen LogP contribution is 2.33. The molecule has 0 atom stereocenters. The van der Waals surface area contributed by atoms with Crippen molar-refractivity contribution in [2.75, 3.05) is 13.3 Å².